The number of alkyl carbamates (subject to hydrolysis) is 2. The molecule has 0 saturated carbocycles. The van der Waals surface area contributed by atoms with Crippen LogP contribution < -0.4 is 10.6 Å². The molecule has 8 nitrogen and oxygen atoms in total. The van der Waals surface area contributed by atoms with Crippen molar-refractivity contribution in [2.24, 2.45) is 0 Å². The van der Waals surface area contributed by atoms with Gasteiger partial charge in [0.25, 0.3) is 0 Å². The van der Waals surface area contributed by atoms with Gasteiger partial charge in [0.1, 0.15) is 12.2 Å². The van der Waals surface area contributed by atoms with Crippen LogP contribution in [-0.2, 0) is 14.3 Å². The Kier molecular flexibility index (Phi) is 8.73. The molecule has 1 atom stereocenters. The number of hydrogen-bond donors (Lipinski definition) is 3. The van der Waals surface area contributed by atoms with Crippen LogP contribution in [-0.4, -0.2) is 48.1 Å². The molecule has 0 aliphatic heterocycles. The highest BCUT2D eigenvalue weighted by Crippen LogP contribution is 2.44. The fourth-order valence-corrected chi connectivity index (χ4v) is 4.26. The number of benzene rings is 2. The molecule has 0 saturated heterocycles. The van der Waals surface area contributed by atoms with E-state index >= 15 is 0 Å². The molecular formula is C27H34N2O6. The van der Waals surface area contributed by atoms with E-state index < -0.39 is 29.8 Å². The minimum Gasteiger partial charge on any atom is -0.481 e. The molecule has 0 fully saturated rings. The number of aliphatic carboxylic acids is 1. The lowest BCUT2D eigenvalue weighted by Crippen LogP contribution is -2.37. The van der Waals surface area contributed by atoms with Crippen molar-refractivity contribution in [1.29, 1.82) is 0 Å². The maximum atomic E-state index is 12.5. The summed E-state index contributed by atoms with van der Waals surface area (Å²) in [5.41, 5.74) is 3.94. The summed E-state index contributed by atoms with van der Waals surface area (Å²) in [6.07, 6.45) is 0.372. The van der Waals surface area contributed by atoms with Gasteiger partial charge in [0.05, 0.1) is 6.42 Å². The van der Waals surface area contributed by atoms with Gasteiger partial charge in [0.15, 0.2) is 0 Å². The Hall–Kier alpha value is -3.55. The van der Waals surface area contributed by atoms with E-state index in [-0.39, 0.29) is 18.9 Å². The van der Waals surface area contributed by atoms with Gasteiger partial charge in [0.2, 0.25) is 0 Å². The lowest BCUT2D eigenvalue weighted by Gasteiger charge is -2.20. The quantitative estimate of drug-likeness (QED) is 0.408. The third kappa shape index (κ3) is 7.73. The molecule has 35 heavy (non-hydrogen) atoms. The van der Waals surface area contributed by atoms with Crippen LogP contribution in [0, 0.1) is 0 Å². The molecule has 1 unspecified atom stereocenters. The summed E-state index contributed by atoms with van der Waals surface area (Å²) in [6, 6.07) is 15.6. The fourth-order valence-electron chi connectivity index (χ4n) is 4.26. The van der Waals surface area contributed by atoms with Gasteiger partial charge >= 0.3 is 18.2 Å². The summed E-state index contributed by atoms with van der Waals surface area (Å²) < 4.78 is 10.7. The van der Waals surface area contributed by atoms with Crippen molar-refractivity contribution in [3.8, 4) is 11.1 Å². The second-order valence-electron chi connectivity index (χ2n) is 9.69. The Bertz CT molecular complexity index is 1000. The van der Waals surface area contributed by atoms with E-state index in [9.17, 15) is 19.5 Å². The van der Waals surface area contributed by atoms with Gasteiger partial charge in [-0.3, -0.25) is 4.79 Å². The summed E-state index contributed by atoms with van der Waals surface area (Å²) >= 11 is 0. The summed E-state index contributed by atoms with van der Waals surface area (Å²) in [4.78, 5) is 35.5. The first-order chi connectivity index (χ1) is 16.6. The van der Waals surface area contributed by atoms with Crippen molar-refractivity contribution in [3.63, 3.8) is 0 Å². The number of carbonyl (C=O) groups is 3. The molecule has 1 aliphatic carbocycles. The minimum atomic E-state index is -0.999. The average molecular weight is 483 g/mol. The maximum absolute atomic E-state index is 12.5. The lowest BCUT2D eigenvalue weighted by molar-refractivity contribution is -0.137. The van der Waals surface area contributed by atoms with Gasteiger partial charge in [-0.15, -0.1) is 0 Å². The predicted molar refractivity (Wildman–Crippen MR) is 132 cm³/mol. The van der Waals surface area contributed by atoms with Crippen LogP contribution in [0.25, 0.3) is 11.1 Å². The maximum Gasteiger partial charge on any atom is 0.407 e. The van der Waals surface area contributed by atoms with E-state index in [0.29, 0.717) is 25.8 Å². The van der Waals surface area contributed by atoms with Gasteiger partial charge < -0.3 is 25.2 Å². The highest BCUT2D eigenvalue weighted by Gasteiger charge is 2.29. The molecule has 0 heterocycles. The molecule has 0 bridgehead atoms. The van der Waals surface area contributed by atoms with Crippen molar-refractivity contribution in [1.82, 2.24) is 10.6 Å². The Morgan fingerprint density at radius 1 is 0.943 bits per heavy atom. The molecule has 2 aromatic carbocycles. The molecule has 8 heteroatoms. The first-order valence-electron chi connectivity index (χ1n) is 11.9. The SMILES string of the molecule is CC(C)(C)OC(=O)NCCCCC(CC(=O)O)NC(=O)OCC1c2ccccc2-c2ccccc21. The first-order valence-corrected chi connectivity index (χ1v) is 11.9. The monoisotopic (exact) mass is 482 g/mol. The third-order valence-corrected chi connectivity index (χ3v) is 5.73. The largest absolute Gasteiger partial charge is 0.481 e. The van der Waals surface area contributed by atoms with Crippen LogP contribution in [0.1, 0.15) is 63.5 Å². The van der Waals surface area contributed by atoms with E-state index in [4.69, 9.17) is 9.47 Å². The molecule has 0 radical (unpaired) electrons. The predicted octanol–water partition coefficient (Wildman–Crippen LogP) is 5.06. The van der Waals surface area contributed by atoms with Gasteiger partial charge in [-0.1, -0.05) is 48.5 Å². The molecular weight excluding hydrogens is 448 g/mol. The second kappa shape index (κ2) is 11.7. The topological polar surface area (TPSA) is 114 Å². The summed E-state index contributed by atoms with van der Waals surface area (Å²) in [6.45, 7) is 5.94. The molecule has 3 rings (SSSR count). The van der Waals surface area contributed by atoms with Gasteiger partial charge in [0, 0.05) is 18.5 Å². The molecule has 0 aromatic heterocycles. The van der Waals surface area contributed by atoms with E-state index in [2.05, 4.69) is 22.8 Å². The molecule has 2 aromatic rings. The van der Waals surface area contributed by atoms with Gasteiger partial charge in [-0.05, 0) is 62.3 Å². The van der Waals surface area contributed by atoms with Crippen molar-refractivity contribution in [3.05, 3.63) is 59.7 Å². The highest BCUT2D eigenvalue weighted by atomic mass is 16.6. The summed E-state index contributed by atoms with van der Waals surface area (Å²) in [5.74, 6) is -1.06. The van der Waals surface area contributed by atoms with Crippen molar-refractivity contribution < 1.29 is 29.0 Å². The Morgan fingerprint density at radius 3 is 2.11 bits per heavy atom. The number of carboxylic acids is 1. The Labute approximate surface area is 206 Å². The first kappa shape index (κ1) is 26.1. The third-order valence-electron chi connectivity index (χ3n) is 5.73. The summed E-state index contributed by atoms with van der Waals surface area (Å²) in [5, 5.41) is 14.6. The number of amides is 2. The zero-order valence-corrected chi connectivity index (χ0v) is 20.5. The van der Waals surface area contributed by atoms with Gasteiger partial charge in [-0.2, -0.15) is 0 Å². The van der Waals surface area contributed by atoms with E-state index in [1.165, 1.54) is 0 Å². The number of rotatable bonds is 10. The Balaban J connectivity index is 1.47. The molecule has 188 valence electrons. The molecule has 2 amide bonds. The zero-order valence-electron chi connectivity index (χ0n) is 20.5. The van der Waals surface area contributed by atoms with Crippen LogP contribution in [0.5, 0.6) is 0 Å². The van der Waals surface area contributed by atoms with Crippen LogP contribution in [0.2, 0.25) is 0 Å². The standard InChI is InChI=1S/C27H34N2O6/c1-27(2,3)35-25(32)28-15-9-8-10-18(16-24(30)31)29-26(33)34-17-23-21-13-6-4-11-19(21)20-12-5-7-14-22(20)23/h4-7,11-14,18,23H,8-10,15-17H2,1-3H3,(H,28,32)(H,29,33)(H,30,31). The number of ether oxygens (including phenoxy) is 2. The van der Waals surface area contributed by atoms with Gasteiger partial charge in [-0.25, -0.2) is 9.59 Å². The number of hydrogen-bond acceptors (Lipinski definition) is 5. The molecule has 1 aliphatic rings. The Morgan fingerprint density at radius 2 is 1.54 bits per heavy atom. The van der Waals surface area contributed by atoms with Crippen molar-refractivity contribution in [2.75, 3.05) is 13.2 Å². The lowest BCUT2D eigenvalue weighted by atomic mass is 9.98. The molecule has 3 N–H and O–H groups in total. The van der Waals surface area contributed by atoms with E-state index in [0.717, 1.165) is 22.3 Å². The average Bonchev–Trinajstić information content (AvgIpc) is 3.09. The normalized spacial score (nSPS) is 13.3. The number of carboxylic acid groups (broad SMARTS) is 1. The van der Waals surface area contributed by atoms with Crippen molar-refractivity contribution >= 4 is 18.2 Å². The fraction of sp³-hybridized carbons (Fsp3) is 0.444. The number of fused-ring (bicyclic) bond motifs is 3. The molecule has 0 spiro atoms. The number of unbranched alkanes of at least 4 members (excludes halogenated alkanes) is 1. The highest BCUT2D eigenvalue weighted by molar-refractivity contribution is 5.79. The number of nitrogens with one attached hydrogen (secondary N) is 2. The van der Waals surface area contributed by atoms with Crippen molar-refractivity contribution in [2.45, 2.75) is 64.0 Å². The zero-order chi connectivity index (χ0) is 25.4. The van der Waals surface area contributed by atoms with Crippen LogP contribution >= 0.6 is 0 Å². The minimum absolute atomic E-state index is 0.0648. The number of carbonyl (C=O) groups excluding carboxylic acids is 2. The van der Waals surface area contributed by atoms with Crippen LogP contribution in [0.3, 0.4) is 0 Å². The second-order valence-corrected chi connectivity index (χ2v) is 9.69. The summed E-state index contributed by atoms with van der Waals surface area (Å²) in [7, 11) is 0. The van der Waals surface area contributed by atoms with Crippen LogP contribution in [0.4, 0.5) is 9.59 Å². The smallest absolute Gasteiger partial charge is 0.407 e. The van der Waals surface area contributed by atoms with E-state index in [1.54, 1.807) is 20.8 Å². The van der Waals surface area contributed by atoms with Crippen LogP contribution in [0.15, 0.2) is 48.5 Å². The van der Waals surface area contributed by atoms with E-state index in [1.807, 2.05) is 36.4 Å².